The van der Waals surface area contributed by atoms with Crippen molar-refractivity contribution in [2.75, 3.05) is 24.3 Å². The van der Waals surface area contributed by atoms with Gasteiger partial charge in [0.1, 0.15) is 0 Å². The molecule has 0 heterocycles. The molecule has 13 heteroatoms. The van der Waals surface area contributed by atoms with Crippen LogP contribution >= 0.6 is 11.8 Å². The van der Waals surface area contributed by atoms with E-state index in [2.05, 4.69) is 10.6 Å². The standard InChI is InChI=1S/C24H29F3N4O4S2/c1-36-17-5-7-18(8-6-17)37(34,35)13-14-2-4-16(28)11-21(14)31-22(32)12-30-23(33)19-10-15(24(25,26)27)3-9-20(19)29/h3,5-10,14,16,21H,2,4,11-13,28-29H2,1H3,(H,30,33)(H,31,32)/t14-,16+,21-/m0/s1. The van der Waals surface area contributed by atoms with E-state index in [1.165, 1.54) is 11.8 Å². The molecule has 1 aliphatic rings. The number of carbonyl (C=O) groups is 2. The summed E-state index contributed by atoms with van der Waals surface area (Å²) in [5, 5.41) is 5.01. The number of nitrogen functional groups attached to an aromatic ring is 1. The molecule has 2 amide bonds. The van der Waals surface area contributed by atoms with Gasteiger partial charge in [-0.15, -0.1) is 11.8 Å². The van der Waals surface area contributed by atoms with Crippen LogP contribution in [0.3, 0.4) is 0 Å². The Morgan fingerprint density at radius 3 is 2.41 bits per heavy atom. The smallest absolute Gasteiger partial charge is 0.398 e. The summed E-state index contributed by atoms with van der Waals surface area (Å²) in [6.07, 6.45) is -1.33. The summed E-state index contributed by atoms with van der Waals surface area (Å²) in [4.78, 5) is 26.1. The second kappa shape index (κ2) is 11.7. The zero-order valence-corrected chi connectivity index (χ0v) is 21.7. The maximum atomic E-state index is 13.0. The van der Waals surface area contributed by atoms with Crippen molar-refractivity contribution in [3.63, 3.8) is 0 Å². The number of anilines is 1. The average molecular weight is 559 g/mol. The van der Waals surface area contributed by atoms with Crippen molar-refractivity contribution in [1.82, 2.24) is 10.6 Å². The van der Waals surface area contributed by atoms with Crippen molar-refractivity contribution in [1.29, 1.82) is 0 Å². The van der Waals surface area contributed by atoms with Gasteiger partial charge in [0.25, 0.3) is 5.91 Å². The van der Waals surface area contributed by atoms with Crippen LogP contribution in [0.1, 0.15) is 35.2 Å². The van der Waals surface area contributed by atoms with E-state index < -0.39 is 57.5 Å². The molecular formula is C24H29F3N4O4S2. The van der Waals surface area contributed by atoms with E-state index in [-0.39, 0.29) is 22.4 Å². The topological polar surface area (TPSA) is 144 Å². The lowest BCUT2D eigenvalue weighted by Gasteiger charge is -2.35. The highest BCUT2D eigenvalue weighted by molar-refractivity contribution is 7.98. The molecule has 1 aliphatic carbocycles. The number of halogens is 3. The minimum atomic E-state index is -4.66. The summed E-state index contributed by atoms with van der Waals surface area (Å²) in [5.74, 6) is -2.14. The number of amides is 2. The maximum Gasteiger partial charge on any atom is 0.416 e. The van der Waals surface area contributed by atoms with Crippen molar-refractivity contribution in [3.05, 3.63) is 53.6 Å². The molecule has 1 saturated carbocycles. The highest BCUT2D eigenvalue weighted by Gasteiger charge is 2.34. The van der Waals surface area contributed by atoms with Gasteiger partial charge < -0.3 is 22.1 Å². The van der Waals surface area contributed by atoms with E-state index in [0.717, 1.165) is 17.0 Å². The van der Waals surface area contributed by atoms with Crippen LogP contribution in [-0.4, -0.2) is 50.9 Å². The van der Waals surface area contributed by atoms with Crippen LogP contribution in [0, 0.1) is 5.92 Å². The van der Waals surface area contributed by atoms with Crippen molar-refractivity contribution < 1.29 is 31.2 Å². The molecule has 2 aromatic carbocycles. The van der Waals surface area contributed by atoms with Crippen molar-refractivity contribution in [2.24, 2.45) is 11.7 Å². The summed E-state index contributed by atoms with van der Waals surface area (Å²) < 4.78 is 65.0. The monoisotopic (exact) mass is 558 g/mol. The molecule has 1 fully saturated rings. The van der Waals surface area contributed by atoms with Gasteiger partial charge in [-0.25, -0.2) is 8.42 Å². The number of benzene rings is 2. The molecule has 2 aromatic rings. The van der Waals surface area contributed by atoms with E-state index >= 15 is 0 Å². The third kappa shape index (κ3) is 7.62. The van der Waals surface area contributed by atoms with Gasteiger partial charge in [0.05, 0.1) is 28.3 Å². The summed E-state index contributed by atoms with van der Waals surface area (Å²) >= 11 is 1.50. The first-order chi connectivity index (χ1) is 17.3. The normalized spacial score (nSPS) is 20.3. The Balaban J connectivity index is 1.64. The molecule has 6 N–H and O–H groups in total. The van der Waals surface area contributed by atoms with Gasteiger partial charge in [-0.3, -0.25) is 9.59 Å². The molecule has 37 heavy (non-hydrogen) atoms. The minimum absolute atomic E-state index is 0.167. The molecule has 0 radical (unpaired) electrons. The molecule has 0 saturated heterocycles. The lowest BCUT2D eigenvalue weighted by atomic mass is 9.83. The first-order valence-electron chi connectivity index (χ1n) is 11.5. The second-order valence-electron chi connectivity index (χ2n) is 8.95. The molecule has 0 bridgehead atoms. The maximum absolute atomic E-state index is 13.0. The van der Waals surface area contributed by atoms with Gasteiger partial charge >= 0.3 is 6.18 Å². The van der Waals surface area contributed by atoms with Crippen molar-refractivity contribution in [3.8, 4) is 0 Å². The summed E-state index contributed by atoms with van der Waals surface area (Å²) in [5.41, 5.74) is 10.1. The predicted molar refractivity (Wildman–Crippen MR) is 136 cm³/mol. The molecule has 0 aromatic heterocycles. The van der Waals surface area contributed by atoms with E-state index in [0.29, 0.717) is 25.3 Å². The van der Waals surface area contributed by atoms with Gasteiger partial charge in [0.15, 0.2) is 9.84 Å². The largest absolute Gasteiger partial charge is 0.416 e. The zero-order valence-electron chi connectivity index (χ0n) is 20.0. The molecule has 3 atom stereocenters. The lowest BCUT2D eigenvalue weighted by Crippen LogP contribution is -2.51. The number of carbonyl (C=O) groups excluding carboxylic acids is 2. The molecule has 0 unspecified atom stereocenters. The van der Waals surface area contributed by atoms with Crippen molar-refractivity contribution in [2.45, 2.75) is 47.3 Å². The Morgan fingerprint density at radius 2 is 1.78 bits per heavy atom. The van der Waals surface area contributed by atoms with Crippen LogP contribution in [0.5, 0.6) is 0 Å². The second-order valence-corrected chi connectivity index (χ2v) is 11.9. The number of thioether (sulfide) groups is 1. The summed E-state index contributed by atoms with van der Waals surface area (Å²) in [7, 11) is -3.63. The third-order valence-electron chi connectivity index (χ3n) is 6.27. The van der Waals surface area contributed by atoms with Gasteiger partial charge in [-0.1, -0.05) is 0 Å². The molecule has 0 spiro atoms. The Kier molecular flexibility index (Phi) is 9.13. The minimum Gasteiger partial charge on any atom is -0.398 e. The Labute approximate surface area is 217 Å². The van der Waals surface area contributed by atoms with E-state index in [1.807, 2.05) is 6.26 Å². The molecule has 3 rings (SSSR count). The number of nitrogens with two attached hydrogens (primary N) is 2. The number of nitrogens with one attached hydrogen (secondary N) is 2. The number of sulfone groups is 1. The van der Waals surface area contributed by atoms with Gasteiger partial charge in [-0.05, 0) is 73.9 Å². The zero-order chi connectivity index (χ0) is 27.4. The van der Waals surface area contributed by atoms with Crippen LogP contribution in [0.25, 0.3) is 0 Å². The van der Waals surface area contributed by atoms with Gasteiger partial charge in [0, 0.05) is 22.7 Å². The van der Waals surface area contributed by atoms with Gasteiger partial charge in [0.2, 0.25) is 5.91 Å². The fourth-order valence-corrected chi connectivity index (χ4v) is 6.36. The van der Waals surface area contributed by atoms with Crippen LogP contribution < -0.4 is 22.1 Å². The highest BCUT2D eigenvalue weighted by Crippen LogP contribution is 2.31. The SMILES string of the molecule is CSc1ccc(S(=O)(=O)C[C@@H]2CC[C@@H](N)C[C@@H]2NC(=O)CNC(=O)c2cc(C(F)(F)F)ccc2N)cc1. The van der Waals surface area contributed by atoms with Crippen molar-refractivity contribution >= 4 is 39.1 Å². The molecular weight excluding hydrogens is 529 g/mol. The number of rotatable bonds is 8. The fourth-order valence-electron chi connectivity index (χ4n) is 4.25. The Morgan fingerprint density at radius 1 is 1.11 bits per heavy atom. The quantitative estimate of drug-likeness (QED) is 0.288. The number of alkyl halides is 3. The highest BCUT2D eigenvalue weighted by atomic mass is 32.2. The van der Waals surface area contributed by atoms with Crippen LogP contribution in [0.2, 0.25) is 0 Å². The van der Waals surface area contributed by atoms with Crippen LogP contribution in [0.15, 0.2) is 52.3 Å². The molecule has 8 nitrogen and oxygen atoms in total. The van der Waals surface area contributed by atoms with E-state index in [9.17, 15) is 31.2 Å². The van der Waals surface area contributed by atoms with Crippen LogP contribution in [0.4, 0.5) is 18.9 Å². The number of hydrogen-bond donors (Lipinski definition) is 4. The van der Waals surface area contributed by atoms with Crippen LogP contribution in [-0.2, 0) is 20.8 Å². The van der Waals surface area contributed by atoms with Gasteiger partial charge in [-0.2, -0.15) is 13.2 Å². The van der Waals surface area contributed by atoms with E-state index in [1.54, 1.807) is 24.3 Å². The first-order valence-corrected chi connectivity index (χ1v) is 14.3. The summed E-state index contributed by atoms with van der Waals surface area (Å²) in [6, 6.07) is 8.14. The molecule has 202 valence electrons. The van der Waals surface area contributed by atoms with E-state index in [4.69, 9.17) is 11.5 Å². The Hall–Kier alpha value is -2.77. The first kappa shape index (κ1) is 28.8. The number of hydrogen-bond acceptors (Lipinski definition) is 7. The predicted octanol–water partition coefficient (Wildman–Crippen LogP) is 2.83. The molecule has 0 aliphatic heterocycles. The lowest BCUT2D eigenvalue weighted by molar-refractivity contribution is -0.137. The third-order valence-corrected chi connectivity index (χ3v) is 8.87. The average Bonchev–Trinajstić information content (AvgIpc) is 2.83. The fraction of sp³-hybridized carbons (Fsp3) is 0.417. The Bertz CT molecular complexity index is 1240. The summed E-state index contributed by atoms with van der Waals surface area (Å²) in [6.45, 7) is -0.532.